The van der Waals surface area contributed by atoms with E-state index < -0.39 is 12.4 Å². The Kier molecular flexibility index (Phi) is 7.15. The molecule has 1 atom stereocenters. The van der Waals surface area contributed by atoms with Gasteiger partial charge in [0.1, 0.15) is 24.9 Å². The first-order valence-corrected chi connectivity index (χ1v) is 10.8. The molecule has 180 valence electrons. The Morgan fingerprint density at radius 1 is 1.17 bits per heavy atom. The second kappa shape index (κ2) is 10.6. The lowest BCUT2D eigenvalue weighted by atomic mass is 9.90. The number of aromatic amines is 1. The van der Waals surface area contributed by atoms with E-state index in [-0.39, 0.29) is 24.3 Å². The maximum atomic E-state index is 12.7. The first kappa shape index (κ1) is 23.6. The molecule has 0 aliphatic rings. The molecule has 4 N–H and O–H groups in total. The number of nitrogens with two attached hydrogens (primary N) is 1. The van der Waals surface area contributed by atoms with Crippen molar-refractivity contribution < 1.29 is 13.9 Å². The van der Waals surface area contributed by atoms with E-state index in [4.69, 9.17) is 20.6 Å². The van der Waals surface area contributed by atoms with Gasteiger partial charge in [-0.3, -0.25) is 10.4 Å². The van der Waals surface area contributed by atoms with Crippen LogP contribution in [0.25, 0.3) is 5.95 Å². The fourth-order valence-corrected chi connectivity index (χ4v) is 3.63. The van der Waals surface area contributed by atoms with E-state index >= 15 is 0 Å². The Bertz CT molecular complexity index is 1350. The number of halogens is 1. The van der Waals surface area contributed by atoms with Crippen LogP contribution in [0.5, 0.6) is 11.5 Å². The van der Waals surface area contributed by atoms with E-state index in [9.17, 15) is 9.18 Å². The smallest absolute Gasteiger partial charge is 0.350 e. The van der Waals surface area contributed by atoms with Gasteiger partial charge in [-0.1, -0.05) is 30.3 Å². The Morgan fingerprint density at radius 2 is 1.91 bits per heavy atom. The van der Waals surface area contributed by atoms with Gasteiger partial charge in [-0.05, 0) is 35.7 Å². The monoisotopic (exact) mass is 477 g/mol. The highest BCUT2D eigenvalue weighted by Crippen LogP contribution is 2.34. The van der Waals surface area contributed by atoms with Crippen LogP contribution in [0.4, 0.5) is 4.39 Å². The van der Waals surface area contributed by atoms with Gasteiger partial charge < -0.3 is 15.2 Å². The number of methoxy groups -OCH3 is 1. The van der Waals surface area contributed by atoms with Crippen molar-refractivity contribution in [3.05, 3.63) is 93.9 Å². The fourth-order valence-electron chi connectivity index (χ4n) is 3.63. The predicted octanol–water partition coefficient (Wildman–Crippen LogP) is 2.37. The number of nitrogen functional groups attached to an aromatic ring is 1. The summed E-state index contributed by atoms with van der Waals surface area (Å²) < 4.78 is 24.6. The van der Waals surface area contributed by atoms with Crippen molar-refractivity contribution in [3.63, 3.8) is 0 Å². The molecule has 4 aromatic rings. The standard InChI is InChI=1S/C24H24FN7O3/c1-34-20-14-17(7-8-19(20)35-12-9-25)18(13-15-3-5-16(6-4-15)21(26)27)22-30-24(33)32(31-22)23-28-10-2-11-29-23/h2-8,10-11,14,18H,9,12-13H2,1H3,(H3,26,27)(H,30,31,33). The number of hydrogen-bond acceptors (Lipinski definition) is 7. The largest absolute Gasteiger partial charge is 0.493 e. The minimum atomic E-state index is -0.621. The van der Waals surface area contributed by atoms with Crippen molar-refractivity contribution in [1.29, 1.82) is 5.41 Å². The van der Waals surface area contributed by atoms with Crippen molar-refractivity contribution in [2.45, 2.75) is 12.3 Å². The van der Waals surface area contributed by atoms with Crippen molar-refractivity contribution in [3.8, 4) is 17.4 Å². The molecule has 0 amide bonds. The number of hydrogen-bond donors (Lipinski definition) is 3. The van der Waals surface area contributed by atoms with Crippen molar-refractivity contribution in [2.24, 2.45) is 5.73 Å². The summed E-state index contributed by atoms with van der Waals surface area (Å²) in [6.07, 6.45) is 3.52. The zero-order valence-corrected chi connectivity index (χ0v) is 18.9. The minimum Gasteiger partial charge on any atom is -0.493 e. The highest BCUT2D eigenvalue weighted by molar-refractivity contribution is 5.94. The van der Waals surface area contributed by atoms with Crippen molar-refractivity contribution in [2.75, 3.05) is 20.4 Å². The van der Waals surface area contributed by atoms with Gasteiger partial charge in [0.15, 0.2) is 11.5 Å². The van der Waals surface area contributed by atoms with Gasteiger partial charge in [-0.2, -0.15) is 0 Å². The van der Waals surface area contributed by atoms with E-state index in [2.05, 4.69) is 20.1 Å². The molecule has 10 nitrogen and oxygen atoms in total. The normalized spacial score (nSPS) is 11.7. The van der Waals surface area contributed by atoms with Crippen LogP contribution in [0.15, 0.2) is 65.7 Å². The summed E-state index contributed by atoms with van der Waals surface area (Å²) in [6.45, 7) is -0.708. The molecule has 0 fully saturated rings. The molecule has 0 radical (unpaired) electrons. The summed E-state index contributed by atoms with van der Waals surface area (Å²) in [5.41, 5.74) is 7.43. The lowest BCUT2D eigenvalue weighted by molar-refractivity contribution is 0.260. The van der Waals surface area contributed by atoms with E-state index in [0.717, 1.165) is 15.8 Å². The van der Waals surface area contributed by atoms with Crippen LogP contribution in [-0.4, -0.2) is 51.0 Å². The Labute approximate surface area is 200 Å². The summed E-state index contributed by atoms with van der Waals surface area (Å²) in [6, 6.07) is 14.2. The molecule has 1 unspecified atom stereocenters. The molecule has 0 saturated heterocycles. The molecule has 2 aromatic carbocycles. The number of nitrogens with zero attached hydrogens (tertiary/aromatic N) is 4. The summed E-state index contributed by atoms with van der Waals surface area (Å²) in [7, 11) is 1.50. The summed E-state index contributed by atoms with van der Waals surface area (Å²) in [4.78, 5) is 23.7. The van der Waals surface area contributed by atoms with E-state index in [1.807, 2.05) is 18.2 Å². The molecular weight excluding hydrogens is 453 g/mol. The molecule has 35 heavy (non-hydrogen) atoms. The number of H-pyrrole nitrogens is 1. The molecule has 0 saturated carbocycles. The number of amidine groups is 1. The van der Waals surface area contributed by atoms with Crippen LogP contribution in [-0.2, 0) is 6.42 Å². The van der Waals surface area contributed by atoms with Crippen molar-refractivity contribution in [1.82, 2.24) is 24.7 Å². The van der Waals surface area contributed by atoms with Gasteiger partial charge in [0.25, 0.3) is 5.95 Å². The number of ether oxygens (including phenoxy) is 2. The third kappa shape index (κ3) is 5.35. The zero-order chi connectivity index (χ0) is 24.8. The molecule has 0 bridgehead atoms. The molecule has 0 aliphatic carbocycles. The molecule has 2 heterocycles. The summed E-state index contributed by atoms with van der Waals surface area (Å²) >= 11 is 0. The highest BCUT2D eigenvalue weighted by Gasteiger charge is 2.23. The van der Waals surface area contributed by atoms with Gasteiger partial charge in [0.05, 0.1) is 7.11 Å². The van der Waals surface area contributed by atoms with Gasteiger partial charge in [-0.15, -0.1) is 9.78 Å². The fraction of sp³-hybridized carbons (Fsp3) is 0.208. The topological polar surface area (TPSA) is 145 Å². The average Bonchev–Trinajstić information content (AvgIpc) is 3.27. The maximum Gasteiger partial charge on any atom is 0.350 e. The Balaban J connectivity index is 1.76. The SMILES string of the molecule is COc1cc(C(Cc2ccc(C(=N)N)cc2)c2nn(-c3ncccn3)c(=O)[nH]2)ccc1OCCF. The first-order chi connectivity index (χ1) is 17.0. The number of rotatable bonds is 10. The van der Waals surface area contributed by atoms with E-state index in [1.54, 1.807) is 30.3 Å². The lowest BCUT2D eigenvalue weighted by Crippen LogP contribution is -2.18. The number of benzene rings is 2. The molecule has 0 spiro atoms. The third-order valence-electron chi connectivity index (χ3n) is 5.34. The van der Waals surface area contributed by atoms with Crippen LogP contribution in [0.3, 0.4) is 0 Å². The second-order valence-electron chi connectivity index (χ2n) is 7.59. The number of aromatic nitrogens is 5. The quantitative estimate of drug-likeness (QED) is 0.235. The molecule has 11 heteroatoms. The lowest BCUT2D eigenvalue weighted by Gasteiger charge is -2.18. The Morgan fingerprint density at radius 3 is 2.57 bits per heavy atom. The van der Waals surface area contributed by atoms with Crippen LogP contribution in [0.2, 0.25) is 0 Å². The van der Waals surface area contributed by atoms with Crippen LogP contribution < -0.4 is 20.9 Å². The first-order valence-electron chi connectivity index (χ1n) is 10.8. The van der Waals surface area contributed by atoms with E-state index in [1.165, 1.54) is 19.5 Å². The van der Waals surface area contributed by atoms with E-state index in [0.29, 0.717) is 29.3 Å². The molecule has 4 rings (SSSR count). The summed E-state index contributed by atoms with van der Waals surface area (Å²) in [5, 5.41) is 12.1. The average molecular weight is 478 g/mol. The highest BCUT2D eigenvalue weighted by atomic mass is 19.1. The molecule has 2 aromatic heterocycles. The van der Waals surface area contributed by atoms with Crippen LogP contribution >= 0.6 is 0 Å². The van der Waals surface area contributed by atoms with Crippen LogP contribution in [0.1, 0.15) is 28.4 Å². The van der Waals surface area contributed by atoms with Crippen LogP contribution in [0, 0.1) is 5.41 Å². The third-order valence-corrected chi connectivity index (χ3v) is 5.34. The minimum absolute atomic E-state index is 0.0207. The predicted molar refractivity (Wildman–Crippen MR) is 127 cm³/mol. The Hall–Kier alpha value is -4.54. The maximum absolute atomic E-state index is 12.7. The van der Waals surface area contributed by atoms with Gasteiger partial charge in [0.2, 0.25) is 0 Å². The van der Waals surface area contributed by atoms with Gasteiger partial charge >= 0.3 is 5.69 Å². The number of alkyl halides is 1. The van der Waals surface area contributed by atoms with Gasteiger partial charge in [-0.25, -0.2) is 19.2 Å². The van der Waals surface area contributed by atoms with Crippen molar-refractivity contribution >= 4 is 5.84 Å². The zero-order valence-electron chi connectivity index (χ0n) is 18.9. The summed E-state index contributed by atoms with van der Waals surface area (Å²) in [5.74, 6) is 0.985. The number of nitrogens with one attached hydrogen (secondary N) is 2. The van der Waals surface area contributed by atoms with Gasteiger partial charge in [0, 0.05) is 23.9 Å². The molecule has 0 aliphatic heterocycles. The second-order valence-corrected chi connectivity index (χ2v) is 7.59. The molecular formula is C24H24FN7O3.